The van der Waals surface area contributed by atoms with Gasteiger partial charge in [-0.05, 0) is 40.9 Å². The fourth-order valence-corrected chi connectivity index (χ4v) is 4.12. The van der Waals surface area contributed by atoms with E-state index in [0.717, 1.165) is 12.8 Å². The van der Waals surface area contributed by atoms with E-state index in [2.05, 4.69) is 25.9 Å². The second-order valence-electron chi connectivity index (χ2n) is 6.32. The Morgan fingerprint density at radius 3 is 2.73 bits per heavy atom. The molecule has 0 radical (unpaired) electrons. The quantitative estimate of drug-likeness (QED) is 0.352. The zero-order chi connectivity index (χ0) is 18.6. The molecule has 1 aliphatic heterocycles. The van der Waals surface area contributed by atoms with Crippen LogP contribution in [0.15, 0.2) is 9.63 Å². The van der Waals surface area contributed by atoms with Crippen molar-refractivity contribution >= 4 is 56.0 Å². The van der Waals surface area contributed by atoms with Gasteiger partial charge in [0.2, 0.25) is 0 Å². The Hall–Kier alpha value is -0.930. The molecule has 4 nitrogen and oxygen atoms in total. The third kappa shape index (κ3) is 3.11. The molecule has 0 amide bonds. The first-order valence-corrected chi connectivity index (χ1v) is 10.4. The SMILES string of the molecule is CSc1nc2c3c(c(Cl)c(Br)c(F)c3n1)OC(C1CC1)CN2CC(F)F. The van der Waals surface area contributed by atoms with Crippen LogP contribution >= 0.6 is 39.3 Å². The fraction of sp³-hybridized carbons (Fsp3) is 0.500. The highest BCUT2D eigenvalue weighted by Gasteiger charge is 2.39. The van der Waals surface area contributed by atoms with Crippen LogP contribution in [0.25, 0.3) is 10.9 Å². The van der Waals surface area contributed by atoms with Gasteiger partial charge in [0.25, 0.3) is 6.43 Å². The molecule has 1 fully saturated rings. The van der Waals surface area contributed by atoms with Crippen molar-refractivity contribution in [2.45, 2.75) is 30.5 Å². The lowest BCUT2D eigenvalue weighted by atomic mass is 10.2. The molecule has 0 N–H and O–H groups in total. The van der Waals surface area contributed by atoms with Crippen molar-refractivity contribution in [3.8, 4) is 5.75 Å². The lowest BCUT2D eigenvalue weighted by Crippen LogP contribution is -2.38. The van der Waals surface area contributed by atoms with Crippen molar-refractivity contribution in [1.82, 2.24) is 9.97 Å². The first kappa shape index (κ1) is 18.4. The van der Waals surface area contributed by atoms with E-state index in [4.69, 9.17) is 16.3 Å². The van der Waals surface area contributed by atoms with Gasteiger partial charge in [-0.3, -0.25) is 0 Å². The maximum Gasteiger partial charge on any atom is 0.255 e. The molecular weight excluding hydrogens is 455 g/mol. The summed E-state index contributed by atoms with van der Waals surface area (Å²) in [6.07, 6.45) is 0.812. The van der Waals surface area contributed by atoms with Crippen molar-refractivity contribution in [2.24, 2.45) is 5.92 Å². The smallest absolute Gasteiger partial charge is 0.255 e. The number of anilines is 1. The van der Waals surface area contributed by atoms with Gasteiger partial charge in [-0.25, -0.2) is 23.1 Å². The molecule has 140 valence electrons. The highest BCUT2D eigenvalue weighted by atomic mass is 79.9. The second kappa shape index (κ2) is 6.91. The minimum absolute atomic E-state index is 0.0151. The number of alkyl halides is 2. The molecule has 4 rings (SSSR count). The number of hydrogen-bond donors (Lipinski definition) is 0. The normalized spacial score (nSPS) is 19.8. The molecule has 1 aromatic heterocycles. The predicted molar refractivity (Wildman–Crippen MR) is 99.3 cm³/mol. The van der Waals surface area contributed by atoms with E-state index in [1.807, 2.05) is 0 Å². The summed E-state index contributed by atoms with van der Waals surface area (Å²) < 4.78 is 47.4. The van der Waals surface area contributed by atoms with Crippen molar-refractivity contribution < 1.29 is 17.9 Å². The summed E-state index contributed by atoms with van der Waals surface area (Å²) in [7, 11) is 0. The Morgan fingerprint density at radius 2 is 2.12 bits per heavy atom. The van der Waals surface area contributed by atoms with Gasteiger partial charge >= 0.3 is 0 Å². The first-order chi connectivity index (χ1) is 12.4. The number of nitrogens with zero attached hydrogens (tertiary/aromatic N) is 3. The van der Waals surface area contributed by atoms with E-state index in [0.29, 0.717) is 5.16 Å². The van der Waals surface area contributed by atoms with E-state index in [-0.39, 0.29) is 50.5 Å². The molecule has 26 heavy (non-hydrogen) atoms. The summed E-state index contributed by atoms with van der Waals surface area (Å²) in [5.41, 5.74) is 0.0151. The molecule has 0 spiro atoms. The van der Waals surface area contributed by atoms with Crippen LogP contribution in [0, 0.1) is 11.7 Å². The molecule has 1 aliphatic carbocycles. The number of hydrogen-bond acceptors (Lipinski definition) is 5. The van der Waals surface area contributed by atoms with Crippen LogP contribution in [0.1, 0.15) is 12.8 Å². The van der Waals surface area contributed by atoms with E-state index in [9.17, 15) is 13.2 Å². The van der Waals surface area contributed by atoms with Crippen LogP contribution < -0.4 is 9.64 Å². The molecule has 1 unspecified atom stereocenters. The largest absolute Gasteiger partial charge is 0.486 e. The molecule has 2 heterocycles. The number of ether oxygens (including phenoxy) is 1. The van der Waals surface area contributed by atoms with Crippen molar-refractivity contribution in [3.05, 3.63) is 15.3 Å². The first-order valence-electron chi connectivity index (χ1n) is 8.02. The van der Waals surface area contributed by atoms with Gasteiger partial charge in [0.15, 0.2) is 16.7 Å². The number of thioether (sulfide) groups is 1. The maximum atomic E-state index is 14.8. The number of rotatable bonds is 4. The van der Waals surface area contributed by atoms with Crippen LogP contribution in [0.4, 0.5) is 19.0 Å². The summed E-state index contributed by atoms with van der Waals surface area (Å²) in [5, 5.41) is 0.620. The summed E-state index contributed by atoms with van der Waals surface area (Å²) in [6, 6.07) is 0. The van der Waals surface area contributed by atoms with Gasteiger partial charge < -0.3 is 9.64 Å². The Balaban J connectivity index is 2.01. The van der Waals surface area contributed by atoms with Crippen LogP contribution in [-0.4, -0.2) is 41.8 Å². The molecule has 10 heteroatoms. The standard InChI is InChI=1S/C16H14BrClF3N3OS/c1-26-16-22-13-9-14(11(18)10(17)12(13)21)25-7(6-2-3-6)4-24(5-8(19)20)15(9)23-16/h6-8H,2-5H2,1H3. The van der Waals surface area contributed by atoms with Crippen LogP contribution in [0.5, 0.6) is 5.75 Å². The van der Waals surface area contributed by atoms with E-state index >= 15 is 0 Å². The van der Waals surface area contributed by atoms with Crippen molar-refractivity contribution in [3.63, 3.8) is 0 Å². The zero-order valence-electron chi connectivity index (χ0n) is 13.6. The molecular formula is C16H14BrClF3N3OS. The summed E-state index contributed by atoms with van der Waals surface area (Å²) in [5.74, 6) is 0.114. The molecule has 1 saturated carbocycles. The van der Waals surface area contributed by atoms with E-state index < -0.39 is 18.8 Å². The van der Waals surface area contributed by atoms with Crippen LogP contribution in [0.3, 0.4) is 0 Å². The lowest BCUT2D eigenvalue weighted by molar-refractivity contribution is 0.144. The molecule has 0 saturated heterocycles. The number of halogens is 5. The highest BCUT2D eigenvalue weighted by molar-refractivity contribution is 9.10. The van der Waals surface area contributed by atoms with E-state index in [1.165, 1.54) is 16.7 Å². The van der Waals surface area contributed by atoms with Gasteiger partial charge in [-0.15, -0.1) is 0 Å². The topological polar surface area (TPSA) is 38.3 Å². The monoisotopic (exact) mass is 467 g/mol. The Labute approximate surface area is 165 Å². The Kier molecular flexibility index (Phi) is 4.90. The van der Waals surface area contributed by atoms with Gasteiger partial charge in [-0.1, -0.05) is 23.4 Å². The average Bonchev–Trinajstić information content (AvgIpc) is 3.45. The average molecular weight is 469 g/mol. The minimum Gasteiger partial charge on any atom is -0.486 e. The van der Waals surface area contributed by atoms with Crippen LogP contribution in [0.2, 0.25) is 5.02 Å². The maximum absolute atomic E-state index is 14.8. The summed E-state index contributed by atoms with van der Waals surface area (Å²) in [4.78, 5) is 10.1. The summed E-state index contributed by atoms with van der Waals surface area (Å²) in [6.45, 7) is -0.263. The number of aromatic nitrogens is 2. The van der Waals surface area contributed by atoms with Crippen molar-refractivity contribution in [2.75, 3.05) is 24.2 Å². The molecule has 2 aromatic rings. The predicted octanol–water partition coefficient (Wildman–Crippen LogP) is 5.15. The highest BCUT2D eigenvalue weighted by Crippen LogP contribution is 2.48. The minimum atomic E-state index is -2.56. The zero-order valence-corrected chi connectivity index (χ0v) is 16.8. The molecule has 1 atom stereocenters. The summed E-state index contributed by atoms with van der Waals surface area (Å²) >= 11 is 10.7. The Bertz CT molecular complexity index is 884. The third-order valence-electron chi connectivity index (χ3n) is 4.55. The van der Waals surface area contributed by atoms with Gasteiger partial charge in [-0.2, -0.15) is 0 Å². The van der Waals surface area contributed by atoms with Gasteiger partial charge in [0.05, 0.1) is 22.9 Å². The second-order valence-corrected chi connectivity index (χ2v) is 8.26. The third-order valence-corrected chi connectivity index (χ3v) is 6.43. The molecule has 1 aromatic carbocycles. The fourth-order valence-electron chi connectivity index (χ4n) is 3.17. The molecule has 0 bridgehead atoms. The lowest BCUT2D eigenvalue weighted by Gasteiger charge is -2.25. The van der Waals surface area contributed by atoms with Crippen LogP contribution in [-0.2, 0) is 0 Å². The van der Waals surface area contributed by atoms with E-state index in [1.54, 1.807) is 6.26 Å². The number of benzene rings is 1. The van der Waals surface area contributed by atoms with Gasteiger partial charge in [0, 0.05) is 0 Å². The Morgan fingerprint density at radius 1 is 1.38 bits per heavy atom. The van der Waals surface area contributed by atoms with Gasteiger partial charge in [0.1, 0.15) is 22.5 Å². The molecule has 2 aliphatic rings. The van der Waals surface area contributed by atoms with Crippen molar-refractivity contribution in [1.29, 1.82) is 0 Å².